The number of hydrogen-bond donors (Lipinski definition) is 0. The molecule has 0 heterocycles. The lowest BCUT2D eigenvalue weighted by atomic mass is 9.87. The van der Waals surface area contributed by atoms with Crippen molar-refractivity contribution in [2.75, 3.05) is 34.3 Å². The van der Waals surface area contributed by atoms with Crippen molar-refractivity contribution in [3.8, 4) is 5.75 Å². The molecular formula is C21H28N2O3S. The Bertz CT molecular complexity index is 863. The van der Waals surface area contributed by atoms with Crippen molar-refractivity contribution in [2.45, 2.75) is 30.2 Å². The van der Waals surface area contributed by atoms with Crippen molar-refractivity contribution in [1.29, 1.82) is 0 Å². The summed E-state index contributed by atoms with van der Waals surface area (Å²) in [6, 6.07) is 15.7. The number of ether oxygens (including phenoxy) is 1. The lowest BCUT2D eigenvalue weighted by Crippen LogP contribution is -2.31. The van der Waals surface area contributed by atoms with Crippen molar-refractivity contribution >= 4 is 10.0 Å². The summed E-state index contributed by atoms with van der Waals surface area (Å²) < 4.78 is 31.2. The van der Waals surface area contributed by atoms with E-state index in [9.17, 15) is 8.42 Å². The molecule has 1 atom stereocenters. The second-order valence-corrected chi connectivity index (χ2v) is 9.35. The first kappa shape index (κ1) is 19.9. The van der Waals surface area contributed by atoms with E-state index in [1.54, 1.807) is 24.3 Å². The molecule has 0 unspecified atom stereocenters. The summed E-state index contributed by atoms with van der Waals surface area (Å²) in [6.07, 6.45) is 3.55. The Labute approximate surface area is 162 Å². The summed E-state index contributed by atoms with van der Waals surface area (Å²) in [5, 5.41) is 0. The predicted molar refractivity (Wildman–Crippen MR) is 108 cm³/mol. The van der Waals surface area contributed by atoms with Gasteiger partial charge in [-0.25, -0.2) is 12.7 Å². The van der Waals surface area contributed by atoms with Crippen molar-refractivity contribution in [3.63, 3.8) is 0 Å². The molecule has 27 heavy (non-hydrogen) atoms. The van der Waals surface area contributed by atoms with Gasteiger partial charge in [-0.05, 0) is 61.7 Å². The second kappa shape index (κ2) is 8.42. The number of likely N-dealkylation sites (N-methyl/N-ethyl adjacent to an activating group) is 1. The first-order chi connectivity index (χ1) is 12.9. The quantitative estimate of drug-likeness (QED) is 0.730. The minimum atomic E-state index is -3.40. The number of fused-ring (bicyclic) bond motifs is 1. The summed E-state index contributed by atoms with van der Waals surface area (Å²) >= 11 is 0. The topological polar surface area (TPSA) is 49.9 Å². The highest BCUT2D eigenvalue weighted by molar-refractivity contribution is 7.89. The van der Waals surface area contributed by atoms with Crippen molar-refractivity contribution in [1.82, 2.24) is 9.21 Å². The van der Waals surface area contributed by atoms with Crippen molar-refractivity contribution < 1.29 is 13.2 Å². The molecule has 5 nitrogen and oxygen atoms in total. The van der Waals surface area contributed by atoms with E-state index in [1.165, 1.54) is 48.8 Å². The smallest absolute Gasteiger partial charge is 0.242 e. The zero-order valence-electron chi connectivity index (χ0n) is 16.3. The minimum absolute atomic E-state index is 0.274. The molecule has 0 spiro atoms. The van der Waals surface area contributed by atoms with Gasteiger partial charge >= 0.3 is 0 Å². The molecule has 0 aromatic heterocycles. The van der Waals surface area contributed by atoms with Crippen LogP contribution >= 0.6 is 0 Å². The molecule has 146 valence electrons. The maximum absolute atomic E-state index is 12.1. The number of sulfonamides is 1. The molecule has 2 aromatic rings. The van der Waals surface area contributed by atoms with Gasteiger partial charge in [0.15, 0.2) is 0 Å². The van der Waals surface area contributed by atoms with Crippen LogP contribution in [-0.4, -0.2) is 51.9 Å². The number of hydrogen-bond acceptors (Lipinski definition) is 4. The molecule has 0 aliphatic heterocycles. The number of benzene rings is 2. The van der Waals surface area contributed by atoms with E-state index in [0.29, 0.717) is 18.4 Å². The summed E-state index contributed by atoms with van der Waals surface area (Å²) in [4.78, 5) is 2.62. The van der Waals surface area contributed by atoms with Crippen LogP contribution in [0.5, 0.6) is 5.75 Å². The first-order valence-electron chi connectivity index (χ1n) is 9.33. The van der Waals surface area contributed by atoms with E-state index >= 15 is 0 Å². The summed E-state index contributed by atoms with van der Waals surface area (Å²) in [6.45, 7) is 1.38. The molecule has 2 aromatic carbocycles. The van der Waals surface area contributed by atoms with Gasteiger partial charge in [0.05, 0.1) is 4.90 Å². The van der Waals surface area contributed by atoms with Gasteiger partial charge in [0.25, 0.3) is 0 Å². The highest BCUT2D eigenvalue weighted by Gasteiger charge is 2.23. The number of rotatable bonds is 7. The minimum Gasteiger partial charge on any atom is -0.492 e. The van der Waals surface area contributed by atoms with Gasteiger partial charge < -0.3 is 4.74 Å². The van der Waals surface area contributed by atoms with E-state index < -0.39 is 10.0 Å². The third-order valence-corrected chi connectivity index (χ3v) is 7.01. The van der Waals surface area contributed by atoms with E-state index in [4.69, 9.17) is 4.74 Å². The Balaban J connectivity index is 1.56. The normalized spacial score (nSPS) is 17.1. The van der Waals surface area contributed by atoms with E-state index in [0.717, 1.165) is 6.54 Å². The van der Waals surface area contributed by atoms with Gasteiger partial charge in [-0.3, -0.25) is 4.90 Å². The van der Waals surface area contributed by atoms with Gasteiger partial charge in [-0.15, -0.1) is 0 Å². The first-order valence-corrected chi connectivity index (χ1v) is 10.8. The molecule has 0 fully saturated rings. The van der Waals surface area contributed by atoms with Crippen LogP contribution in [0, 0.1) is 0 Å². The lowest BCUT2D eigenvalue weighted by molar-refractivity contribution is 0.178. The Kier molecular flexibility index (Phi) is 6.19. The molecule has 0 bridgehead atoms. The van der Waals surface area contributed by atoms with E-state index in [-0.39, 0.29) is 4.90 Å². The monoisotopic (exact) mass is 388 g/mol. The molecule has 1 aliphatic carbocycles. The second-order valence-electron chi connectivity index (χ2n) is 7.19. The van der Waals surface area contributed by atoms with E-state index in [1.807, 2.05) is 0 Å². The maximum atomic E-state index is 12.1. The molecule has 0 N–H and O–H groups in total. The Morgan fingerprint density at radius 3 is 2.44 bits per heavy atom. The Morgan fingerprint density at radius 1 is 1.04 bits per heavy atom. The zero-order valence-corrected chi connectivity index (χ0v) is 17.1. The Morgan fingerprint density at radius 2 is 1.74 bits per heavy atom. The molecule has 6 heteroatoms. The predicted octanol–water partition coefficient (Wildman–Crippen LogP) is 3.33. The molecule has 0 radical (unpaired) electrons. The molecule has 0 saturated carbocycles. The number of nitrogens with zero attached hydrogens (tertiary/aromatic N) is 2. The molecule has 0 saturated heterocycles. The van der Waals surface area contributed by atoms with Crippen LogP contribution in [-0.2, 0) is 16.4 Å². The SMILES string of the molecule is CN(CCOc1ccc(S(=O)(=O)N(C)C)cc1)[C@H]1CCCc2ccccc21. The molecule has 1 aliphatic rings. The van der Waals surface area contributed by atoms with E-state index in [2.05, 4.69) is 36.2 Å². The van der Waals surface area contributed by atoms with Crippen LogP contribution in [0.25, 0.3) is 0 Å². The largest absolute Gasteiger partial charge is 0.492 e. The lowest BCUT2D eigenvalue weighted by Gasteiger charge is -2.33. The van der Waals surface area contributed by atoms with Crippen LogP contribution in [0.15, 0.2) is 53.4 Å². The van der Waals surface area contributed by atoms with Gasteiger partial charge in [-0.2, -0.15) is 0 Å². The zero-order chi connectivity index (χ0) is 19.4. The average Bonchev–Trinajstić information content (AvgIpc) is 2.67. The van der Waals surface area contributed by atoms with Gasteiger partial charge in [0.2, 0.25) is 10.0 Å². The van der Waals surface area contributed by atoms with Crippen LogP contribution in [0.2, 0.25) is 0 Å². The van der Waals surface area contributed by atoms with Crippen LogP contribution < -0.4 is 4.74 Å². The summed E-state index contributed by atoms with van der Waals surface area (Å²) in [7, 11) is 1.79. The van der Waals surface area contributed by atoms with Crippen molar-refractivity contribution in [2.24, 2.45) is 0 Å². The van der Waals surface area contributed by atoms with Crippen molar-refractivity contribution in [3.05, 3.63) is 59.7 Å². The fourth-order valence-corrected chi connectivity index (χ4v) is 4.47. The summed E-state index contributed by atoms with van der Waals surface area (Å²) in [5.74, 6) is 0.685. The van der Waals surface area contributed by atoms with Gasteiger partial charge in [0.1, 0.15) is 12.4 Å². The maximum Gasteiger partial charge on any atom is 0.242 e. The average molecular weight is 389 g/mol. The van der Waals surface area contributed by atoms with Crippen LogP contribution in [0.4, 0.5) is 0 Å². The summed E-state index contributed by atoms with van der Waals surface area (Å²) in [5.41, 5.74) is 2.89. The Hall–Kier alpha value is -1.89. The standard InChI is InChI=1S/C21H28N2O3S/c1-22(2)27(24,25)19-13-11-18(12-14-19)26-16-15-23(3)21-10-6-8-17-7-4-5-9-20(17)21/h4-5,7,9,11-14,21H,6,8,10,15-16H2,1-3H3/t21-/m0/s1. The van der Waals surface area contributed by atoms with Gasteiger partial charge in [-0.1, -0.05) is 24.3 Å². The fourth-order valence-electron chi connectivity index (χ4n) is 3.57. The third kappa shape index (κ3) is 4.51. The molecule has 3 rings (SSSR count). The third-order valence-electron chi connectivity index (χ3n) is 5.18. The highest BCUT2D eigenvalue weighted by Crippen LogP contribution is 2.33. The fraction of sp³-hybridized carbons (Fsp3) is 0.429. The molecular weight excluding hydrogens is 360 g/mol. The van der Waals surface area contributed by atoms with Crippen LogP contribution in [0.3, 0.4) is 0 Å². The molecule has 0 amide bonds. The van der Waals surface area contributed by atoms with Crippen LogP contribution in [0.1, 0.15) is 30.0 Å². The number of aryl methyl sites for hydroxylation is 1. The van der Waals surface area contributed by atoms with Gasteiger partial charge in [0, 0.05) is 26.7 Å². The highest BCUT2D eigenvalue weighted by atomic mass is 32.2.